The van der Waals surface area contributed by atoms with Gasteiger partial charge in [0.2, 0.25) is 0 Å². The summed E-state index contributed by atoms with van der Waals surface area (Å²) in [5, 5.41) is 9.41. The number of hydrogen-bond donors (Lipinski definition) is 0. The average molecular weight is 283 g/mol. The molecule has 0 spiro atoms. The summed E-state index contributed by atoms with van der Waals surface area (Å²) < 4.78 is 7.70. The van der Waals surface area contributed by atoms with Crippen LogP contribution in [0.1, 0.15) is 30.9 Å². The molecule has 0 unspecified atom stereocenters. The normalized spacial score (nSPS) is 16.0. The number of nitrogens with zero attached hydrogens (tertiary/aromatic N) is 3. The zero-order chi connectivity index (χ0) is 14.8. The maximum absolute atomic E-state index is 9.41. The fraction of sp³-hybridized carbons (Fsp3) is 0.471. The second-order valence-corrected chi connectivity index (χ2v) is 5.55. The Labute approximate surface area is 125 Å². The van der Waals surface area contributed by atoms with Gasteiger partial charge in [-0.1, -0.05) is 0 Å². The summed E-state index contributed by atoms with van der Waals surface area (Å²) in [5.74, 6) is 1.16. The Kier molecular flexibility index (Phi) is 3.85. The summed E-state index contributed by atoms with van der Waals surface area (Å²) in [6.07, 6.45) is 4.18. The Morgan fingerprint density at radius 2 is 2.19 bits per heavy atom. The molecule has 21 heavy (non-hydrogen) atoms. The van der Waals surface area contributed by atoms with Gasteiger partial charge in [0.15, 0.2) is 0 Å². The third kappa shape index (κ3) is 2.38. The minimum Gasteiger partial charge on any atom is -0.381 e. The lowest BCUT2D eigenvalue weighted by Gasteiger charge is -2.36. The highest BCUT2D eigenvalue weighted by atomic mass is 16.5. The van der Waals surface area contributed by atoms with Crippen molar-refractivity contribution in [3.05, 3.63) is 35.5 Å². The summed E-state index contributed by atoms with van der Waals surface area (Å²) >= 11 is 0. The maximum atomic E-state index is 9.41. The van der Waals surface area contributed by atoms with Crippen LogP contribution in [0.15, 0.2) is 24.4 Å². The largest absolute Gasteiger partial charge is 0.381 e. The highest BCUT2D eigenvalue weighted by Crippen LogP contribution is 2.29. The second-order valence-electron chi connectivity index (χ2n) is 5.55. The Hall–Kier alpha value is -1.99. The minimum absolute atomic E-state index is 0.488. The lowest BCUT2D eigenvalue weighted by molar-refractivity contribution is 0.0844. The van der Waals surface area contributed by atoms with Gasteiger partial charge in [-0.05, 0) is 44.9 Å². The average Bonchev–Trinajstić information content (AvgIpc) is 2.98. The van der Waals surface area contributed by atoms with Crippen LogP contribution in [0.4, 0.5) is 5.82 Å². The number of nitriles is 1. The van der Waals surface area contributed by atoms with Crippen LogP contribution in [0, 0.1) is 18.3 Å². The molecule has 1 aliphatic heterocycles. The van der Waals surface area contributed by atoms with Gasteiger partial charge in [-0.3, -0.25) is 0 Å². The number of anilines is 1. The first-order chi connectivity index (χ1) is 10.3. The summed E-state index contributed by atoms with van der Waals surface area (Å²) in [7, 11) is 0. The molecular formula is C17H21N3O. The third-order valence-corrected chi connectivity index (χ3v) is 4.40. The van der Waals surface area contributed by atoms with Gasteiger partial charge in [0.25, 0.3) is 0 Å². The molecule has 0 radical (unpaired) electrons. The highest BCUT2D eigenvalue weighted by molar-refractivity contribution is 5.66. The Morgan fingerprint density at radius 3 is 2.86 bits per heavy atom. The molecule has 0 saturated carbocycles. The number of pyridine rings is 1. The highest BCUT2D eigenvalue weighted by Gasteiger charge is 2.24. The molecule has 0 N–H and O–H groups in total. The summed E-state index contributed by atoms with van der Waals surface area (Å²) in [6.45, 7) is 6.83. The molecule has 1 aliphatic rings. The fourth-order valence-corrected chi connectivity index (χ4v) is 3.31. The van der Waals surface area contributed by atoms with Crippen LogP contribution in [-0.2, 0) is 4.74 Å². The number of aromatic nitrogens is 1. The van der Waals surface area contributed by atoms with Gasteiger partial charge in [-0.2, -0.15) is 5.26 Å². The standard InChI is InChI=1S/C17H21N3O/c1-3-19(15-6-9-21-10-7-15)17-13(2)14(12-18)11-16-5-4-8-20(16)17/h4-5,8,11,15H,3,6-7,9-10H2,1-2H3. The van der Waals surface area contributed by atoms with Crippen LogP contribution in [0.3, 0.4) is 0 Å². The van der Waals surface area contributed by atoms with Crippen molar-refractivity contribution < 1.29 is 4.74 Å². The van der Waals surface area contributed by atoms with Crippen molar-refractivity contribution in [2.75, 3.05) is 24.7 Å². The van der Waals surface area contributed by atoms with Gasteiger partial charge in [-0.15, -0.1) is 0 Å². The van der Waals surface area contributed by atoms with Crippen molar-refractivity contribution in [3.8, 4) is 6.07 Å². The summed E-state index contributed by atoms with van der Waals surface area (Å²) in [4.78, 5) is 2.44. The molecule has 3 rings (SSSR count). The van der Waals surface area contributed by atoms with E-state index in [-0.39, 0.29) is 0 Å². The zero-order valence-electron chi connectivity index (χ0n) is 12.7. The van der Waals surface area contributed by atoms with E-state index in [2.05, 4.69) is 41.5 Å². The third-order valence-electron chi connectivity index (χ3n) is 4.40. The summed E-state index contributed by atoms with van der Waals surface area (Å²) in [5.41, 5.74) is 2.91. The lowest BCUT2D eigenvalue weighted by atomic mass is 10.0. The van der Waals surface area contributed by atoms with Gasteiger partial charge < -0.3 is 14.0 Å². The van der Waals surface area contributed by atoms with E-state index in [0.29, 0.717) is 6.04 Å². The first kappa shape index (κ1) is 14.0. The molecule has 1 fully saturated rings. The molecule has 1 saturated heterocycles. The topological polar surface area (TPSA) is 40.7 Å². The van der Waals surface area contributed by atoms with Gasteiger partial charge in [0.05, 0.1) is 11.6 Å². The Bertz CT molecular complexity index is 677. The van der Waals surface area contributed by atoms with E-state index < -0.39 is 0 Å². The van der Waals surface area contributed by atoms with Gasteiger partial charge in [-0.25, -0.2) is 0 Å². The Balaban J connectivity index is 2.14. The van der Waals surface area contributed by atoms with Crippen LogP contribution in [0.5, 0.6) is 0 Å². The van der Waals surface area contributed by atoms with E-state index in [4.69, 9.17) is 4.74 Å². The molecule has 3 heterocycles. The minimum atomic E-state index is 0.488. The molecule has 0 amide bonds. The van der Waals surface area contributed by atoms with Crippen LogP contribution < -0.4 is 4.90 Å². The van der Waals surface area contributed by atoms with Gasteiger partial charge >= 0.3 is 0 Å². The van der Waals surface area contributed by atoms with Crippen molar-refractivity contribution in [1.82, 2.24) is 4.40 Å². The number of ether oxygens (including phenoxy) is 1. The quantitative estimate of drug-likeness (QED) is 0.869. The molecule has 0 aliphatic carbocycles. The van der Waals surface area contributed by atoms with Crippen molar-refractivity contribution in [3.63, 3.8) is 0 Å². The number of rotatable bonds is 3. The van der Waals surface area contributed by atoms with E-state index >= 15 is 0 Å². The number of fused-ring (bicyclic) bond motifs is 1. The van der Waals surface area contributed by atoms with E-state index in [1.54, 1.807) is 0 Å². The molecule has 2 aromatic heterocycles. The molecule has 0 aromatic carbocycles. The van der Waals surface area contributed by atoms with Crippen LogP contribution in [0.25, 0.3) is 5.52 Å². The smallest absolute Gasteiger partial charge is 0.117 e. The van der Waals surface area contributed by atoms with Crippen molar-refractivity contribution in [2.24, 2.45) is 0 Å². The monoisotopic (exact) mass is 283 g/mol. The van der Waals surface area contributed by atoms with E-state index in [9.17, 15) is 5.26 Å². The molecule has 4 heteroatoms. The molecule has 4 nitrogen and oxygen atoms in total. The first-order valence-corrected chi connectivity index (χ1v) is 7.61. The molecular weight excluding hydrogens is 262 g/mol. The maximum Gasteiger partial charge on any atom is 0.117 e. The van der Waals surface area contributed by atoms with Gasteiger partial charge in [0.1, 0.15) is 5.82 Å². The van der Waals surface area contributed by atoms with Crippen molar-refractivity contribution in [1.29, 1.82) is 5.26 Å². The van der Waals surface area contributed by atoms with E-state index in [1.807, 2.05) is 12.1 Å². The fourth-order valence-electron chi connectivity index (χ4n) is 3.31. The first-order valence-electron chi connectivity index (χ1n) is 7.61. The number of hydrogen-bond acceptors (Lipinski definition) is 3. The predicted octanol–water partition coefficient (Wildman–Crippen LogP) is 3.12. The molecule has 2 aromatic rings. The van der Waals surface area contributed by atoms with E-state index in [1.165, 1.54) is 0 Å². The second kappa shape index (κ2) is 5.79. The SMILES string of the molecule is CCN(c1c(C)c(C#N)cc2cccn12)C1CCOCC1. The van der Waals surface area contributed by atoms with Crippen LogP contribution in [0.2, 0.25) is 0 Å². The lowest BCUT2D eigenvalue weighted by Crippen LogP contribution is -2.40. The van der Waals surface area contributed by atoms with E-state index in [0.717, 1.165) is 55.1 Å². The van der Waals surface area contributed by atoms with Crippen molar-refractivity contribution in [2.45, 2.75) is 32.7 Å². The van der Waals surface area contributed by atoms with Crippen LogP contribution in [-0.4, -0.2) is 30.2 Å². The summed E-state index contributed by atoms with van der Waals surface area (Å²) in [6, 6.07) is 8.89. The van der Waals surface area contributed by atoms with Crippen molar-refractivity contribution >= 4 is 11.3 Å². The predicted molar refractivity (Wildman–Crippen MR) is 83.7 cm³/mol. The zero-order valence-corrected chi connectivity index (χ0v) is 12.7. The molecule has 0 bridgehead atoms. The van der Waals surface area contributed by atoms with Gasteiger partial charge in [0, 0.05) is 43.1 Å². The molecule has 110 valence electrons. The Morgan fingerprint density at radius 1 is 1.43 bits per heavy atom. The van der Waals surface area contributed by atoms with Crippen LogP contribution >= 0.6 is 0 Å². The molecule has 0 atom stereocenters.